The standard InChI is InChI=1S/C17H15ClN4/c18-13-3-2-12-5-6-22(16(12)8-13)17-14-7-11(9-19)1-4-15(14)20-10-21-17/h1-4,7-8,10H,5-6,9,19H2. The van der Waals surface area contributed by atoms with Crippen molar-refractivity contribution in [1.29, 1.82) is 0 Å². The second kappa shape index (κ2) is 5.23. The number of anilines is 2. The van der Waals surface area contributed by atoms with E-state index in [-0.39, 0.29) is 0 Å². The van der Waals surface area contributed by atoms with Crippen molar-refractivity contribution in [3.05, 3.63) is 58.9 Å². The van der Waals surface area contributed by atoms with E-state index in [9.17, 15) is 0 Å². The molecule has 2 N–H and O–H groups in total. The summed E-state index contributed by atoms with van der Waals surface area (Å²) >= 11 is 6.17. The minimum absolute atomic E-state index is 0.507. The van der Waals surface area contributed by atoms with Crippen LogP contribution in [0.3, 0.4) is 0 Å². The molecule has 0 spiro atoms. The average molecular weight is 311 g/mol. The molecule has 2 aromatic carbocycles. The Hall–Kier alpha value is -2.17. The molecule has 4 rings (SSSR count). The summed E-state index contributed by atoms with van der Waals surface area (Å²) in [5, 5.41) is 1.77. The van der Waals surface area contributed by atoms with E-state index in [1.165, 1.54) is 5.56 Å². The molecule has 1 aromatic heterocycles. The number of nitrogens with two attached hydrogens (primary N) is 1. The van der Waals surface area contributed by atoms with E-state index in [2.05, 4.69) is 27.0 Å². The van der Waals surface area contributed by atoms with Gasteiger partial charge in [-0.25, -0.2) is 9.97 Å². The number of benzene rings is 2. The van der Waals surface area contributed by atoms with E-state index in [1.807, 2.05) is 24.3 Å². The number of rotatable bonds is 2. The number of nitrogens with zero attached hydrogens (tertiary/aromatic N) is 3. The lowest BCUT2D eigenvalue weighted by molar-refractivity contribution is 0.974. The molecule has 0 aliphatic carbocycles. The predicted octanol–water partition coefficient (Wildman–Crippen LogP) is 3.44. The summed E-state index contributed by atoms with van der Waals surface area (Å²) in [6.45, 7) is 1.40. The van der Waals surface area contributed by atoms with Crippen LogP contribution in [0.4, 0.5) is 11.5 Å². The van der Waals surface area contributed by atoms with E-state index in [0.717, 1.165) is 46.0 Å². The second-order valence-electron chi connectivity index (χ2n) is 5.43. The summed E-state index contributed by atoms with van der Waals surface area (Å²) in [5.41, 5.74) is 10.2. The van der Waals surface area contributed by atoms with Crippen LogP contribution in [0.1, 0.15) is 11.1 Å². The Bertz CT molecular complexity index is 862. The van der Waals surface area contributed by atoms with Gasteiger partial charge in [0.2, 0.25) is 0 Å². The Morgan fingerprint density at radius 1 is 1.14 bits per heavy atom. The molecule has 0 atom stereocenters. The zero-order valence-corrected chi connectivity index (χ0v) is 12.7. The van der Waals surface area contributed by atoms with Crippen LogP contribution in [0.15, 0.2) is 42.7 Å². The van der Waals surface area contributed by atoms with Gasteiger partial charge < -0.3 is 10.6 Å². The third kappa shape index (κ3) is 2.12. The third-order valence-corrected chi connectivity index (χ3v) is 4.35. The van der Waals surface area contributed by atoms with Gasteiger partial charge in [-0.1, -0.05) is 23.7 Å². The zero-order chi connectivity index (χ0) is 15.1. The zero-order valence-electron chi connectivity index (χ0n) is 12.0. The molecule has 3 aromatic rings. The smallest absolute Gasteiger partial charge is 0.144 e. The fourth-order valence-corrected chi connectivity index (χ4v) is 3.17. The van der Waals surface area contributed by atoms with Gasteiger partial charge in [0.15, 0.2) is 0 Å². The van der Waals surface area contributed by atoms with Crippen LogP contribution >= 0.6 is 11.6 Å². The highest BCUT2D eigenvalue weighted by Crippen LogP contribution is 2.37. The number of hydrogen-bond acceptors (Lipinski definition) is 4. The number of aromatic nitrogens is 2. The van der Waals surface area contributed by atoms with Crippen molar-refractivity contribution in [2.45, 2.75) is 13.0 Å². The van der Waals surface area contributed by atoms with Gasteiger partial charge in [0.05, 0.1) is 5.52 Å². The Labute approximate surface area is 133 Å². The third-order valence-electron chi connectivity index (χ3n) is 4.11. The van der Waals surface area contributed by atoms with Crippen LogP contribution in [0, 0.1) is 0 Å². The lowest BCUT2D eigenvalue weighted by Gasteiger charge is -2.20. The molecule has 0 fully saturated rings. The van der Waals surface area contributed by atoms with Crippen molar-refractivity contribution in [3.63, 3.8) is 0 Å². The fraction of sp³-hybridized carbons (Fsp3) is 0.176. The molecule has 4 nitrogen and oxygen atoms in total. The van der Waals surface area contributed by atoms with Gasteiger partial charge in [-0.2, -0.15) is 0 Å². The normalized spacial score (nSPS) is 13.6. The lowest BCUT2D eigenvalue weighted by atomic mass is 10.1. The lowest BCUT2D eigenvalue weighted by Crippen LogP contribution is -2.15. The maximum Gasteiger partial charge on any atom is 0.144 e. The Balaban J connectivity index is 1.91. The van der Waals surface area contributed by atoms with E-state index < -0.39 is 0 Å². The molecular weight excluding hydrogens is 296 g/mol. The largest absolute Gasteiger partial charge is 0.326 e. The molecule has 110 valence electrons. The van der Waals surface area contributed by atoms with Crippen LogP contribution in [0.2, 0.25) is 5.02 Å². The molecule has 0 unspecified atom stereocenters. The average Bonchev–Trinajstić information content (AvgIpc) is 2.96. The molecule has 5 heteroatoms. The van der Waals surface area contributed by atoms with E-state index >= 15 is 0 Å². The number of hydrogen-bond donors (Lipinski definition) is 1. The van der Waals surface area contributed by atoms with Crippen molar-refractivity contribution in [3.8, 4) is 0 Å². The highest BCUT2D eigenvalue weighted by molar-refractivity contribution is 6.31. The maximum absolute atomic E-state index is 6.17. The van der Waals surface area contributed by atoms with Crippen LogP contribution in [-0.2, 0) is 13.0 Å². The Morgan fingerprint density at radius 2 is 2.05 bits per heavy atom. The second-order valence-corrected chi connectivity index (χ2v) is 5.86. The van der Waals surface area contributed by atoms with E-state index in [0.29, 0.717) is 6.54 Å². The van der Waals surface area contributed by atoms with Gasteiger partial charge in [-0.15, -0.1) is 0 Å². The summed E-state index contributed by atoms with van der Waals surface area (Å²) in [5.74, 6) is 0.918. The highest BCUT2D eigenvalue weighted by atomic mass is 35.5. The summed E-state index contributed by atoms with van der Waals surface area (Å²) in [6.07, 6.45) is 2.61. The highest BCUT2D eigenvalue weighted by Gasteiger charge is 2.23. The summed E-state index contributed by atoms with van der Waals surface area (Å²) in [4.78, 5) is 11.1. The maximum atomic E-state index is 6.17. The first-order chi connectivity index (χ1) is 10.8. The topological polar surface area (TPSA) is 55.0 Å². The van der Waals surface area contributed by atoms with E-state index in [1.54, 1.807) is 6.33 Å². The summed E-state index contributed by atoms with van der Waals surface area (Å²) < 4.78 is 0. The van der Waals surface area contributed by atoms with Gasteiger partial charge in [0, 0.05) is 29.2 Å². The van der Waals surface area contributed by atoms with Crippen molar-refractivity contribution in [2.24, 2.45) is 5.73 Å². The minimum atomic E-state index is 0.507. The fourth-order valence-electron chi connectivity index (χ4n) is 3.00. The summed E-state index contributed by atoms with van der Waals surface area (Å²) in [6, 6.07) is 12.1. The summed E-state index contributed by atoms with van der Waals surface area (Å²) in [7, 11) is 0. The number of halogens is 1. The van der Waals surface area contributed by atoms with Crippen molar-refractivity contribution < 1.29 is 0 Å². The van der Waals surface area contributed by atoms with Gasteiger partial charge in [0.1, 0.15) is 12.1 Å². The van der Waals surface area contributed by atoms with Crippen molar-refractivity contribution in [2.75, 3.05) is 11.4 Å². The molecule has 0 saturated carbocycles. The minimum Gasteiger partial charge on any atom is -0.326 e. The monoisotopic (exact) mass is 310 g/mol. The predicted molar refractivity (Wildman–Crippen MR) is 89.6 cm³/mol. The SMILES string of the molecule is NCc1ccc2ncnc(N3CCc4ccc(Cl)cc43)c2c1. The molecule has 22 heavy (non-hydrogen) atoms. The van der Waals surface area contributed by atoms with Gasteiger partial charge in [-0.3, -0.25) is 0 Å². The van der Waals surface area contributed by atoms with Crippen LogP contribution < -0.4 is 10.6 Å². The molecule has 0 radical (unpaired) electrons. The molecule has 1 aliphatic heterocycles. The molecular formula is C17H15ClN4. The quantitative estimate of drug-likeness (QED) is 0.788. The van der Waals surface area contributed by atoms with Crippen LogP contribution in [0.5, 0.6) is 0 Å². The first kappa shape index (κ1) is 13.5. The van der Waals surface area contributed by atoms with Crippen LogP contribution in [-0.4, -0.2) is 16.5 Å². The first-order valence-electron chi connectivity index (χ1n) is 7.26. The van der Waals surface area contributed by atoms with Gasteiger partial charge >= 0.3 is 0 Å². The number of fused-ring (bicyclic) bond motifs is 2. The molecule has 0 amide bonds. The molecule has 0 saturated heterocycles. The van der Waals surface area contributed by atoms with Crippen molar-refractivity contribution >= 4 is 34.0 Å². The van der Waals surface area contributed by atoms with Gasteiger partial charge in [0.25, 0.3) is 0 Å². The van der Waals surface area contributed by atoms with E-state index in [4.69, 9.17) is 17.3 Å². The van der Waals surface area contributed by atoms with Crippen LogP contribution in [0.25, 0.3) is 10.9 Å². The molecule has 1 aliphatic rings. The first-order valence-corrected chi connectivity index (χ1v) is 7.64. The van der Waals surface area contributed by atoms with Gasteiger partial charge in [-0.05, 0) is 41.8 Å². The molecule has 2 heterocycles. The Kier molecular flexibility index (Phi) is 3.21. The Morgan fingerprint density at radius 3 is 2.91 bits per heavy atom. The van der Waals surface area contributed by atoms with Crippen molar-refractivity contribution in [1.82, 2.24) is 9.97 Å². The molecule has 0 bridgehead atoms.